The van der Waals surface area contributed by atoms with E-state index in [-0.39, 0.29) is 11.8 Å². The third-order valence-corrected chi connectivity index (χ3v) is 5.81. The monoisotopic (exact) mass is 416 g/mol. The van der Waals surface area contributed by atoms with E-state index in [1.807, 2.05) is 31.6 Å². The first-order valence-electron chi connectivity index (χ1n) is 10.4. The molecule has 8 nitrogen and oxygen atoms in total. The molecule has 158 valence electrons. The second-order valence-electron chi connectivity index (χ2n) is 8.00. The molecule has 31 heavy (non-hydrogen) atoms. The minimum atomic E-state index is -0.0139. The van der Waals surface area contributed by atoms with Crippen LogP contribution in [0, 0.1) is 5.92 Å². The van der Waals surface area contributed by atoms with Gasteiger partial charge in [-0.3, -0.25) is 14.4 Å². The van der Waals surface area contributed by atoms with Gasteiger partial charge in [0.15, 0.2) is 0 Å². The molecule has 0 saturated carbocycles. The fraction of sp³-hybridized carbons (Fsp3) is 0.304. The van der Waals surface area contributed by atoms with Crippen molar-refractivity contribution in [3.63, 3.8) is 0 Å². The van der Waals surface area contributed by atoms with Gasteiger partial charge in [-0.05, 0) is 49.0 Å². The molecule has 0 spiro atoms. The van der Waals surface area contributed by atoms with E-state index >= 15 is 0 Å². The van der Waals surface area contributed by atoms with Crippen LogP contribution in [0.2, 0.25) is 0 Å². The van der Waals surface area contributed by atoms with Crippen LogP contribution in [0.1, 0.15) is 18.7 Å². The van der Waals surface area contributed by atoms with Gasteiger partial charge < -0.3 is 9.73 Å². The topological polar surface area (TPSA) is 89.1 Å². The number of hydrogen-bond donors (Lipinski definition) is 1. The SMILES string of the molecule is Cn1cc(-c2ccc3cnc(NC(=O)C4CCN(Cc5ncco5)CC4)cc3c2)cn1. The molecule has 4 heterocycles. The number of oxazole rings is 1. The molecule has 1 amide bonds. The number of nitrogens with one attached hydrogen (secondary N) is 1. The molecule has 0 aliphatic carbocycles. The zero-order chi connectivity index (χ0) is 21.2. The third kappa shape index (κ3) is 4.34. The Balaban J connectivity index is 1.24. The molecular formula is C23H24N6O2. The Morgan fingerprint density at radius 1 is 1.13 bits per heavy atom. The zero-order valence-electron chi connectivity index (χ0n) is 17.4. The summed E-state index contributed by atoms with van der Waals surface area (Å²) in [4.78, 5) is 23.7. The molecule has 8 heteroatoms. The van der Waals surface area contributed by atoms with E-state index in [1.165, 1.54) is 0 Å². The lowest BCUT2D eigenvalue weighted by Gasteiger charge is -2.30. The average Bonchev–Trinajstić information content (AvgIpc) is 3.45. The standard InChI is InChI=1S/C23H24N6O2/c1-28-14-20(13-26-28)17-2-3-18-12-25-21(11-19(18)10-17)27-23(30)16-4-7-29(8-5-16)15-22-24-6-9-31-22/h2-3,6,9-14,16H,4-5,7-8,15H2,1H3,(H,25,27,30). The highest BCUT2D eigenvalue weighted by molar-refractivity contribution is 5.95. The van der Waals surface area contributed by atoms with Crippen LogP contribution in [0.25, 0.3) is 21.9 Å². The van der Waals surface area contributed by atoms with Crippen molar-refractivity contribution in [2.45, 2.75) is 19.4 Å². The van der Waals surface area contributed by atoms with E-state index in [0.29, 0.717) is 18.3 Å². The Labute approximate surface area is 179 Å². The van der Waals surface area contributed by atoms with Crippen molar-refractivity contribution >= 4 is 22.5 Å². The molecule has 1 saturated heterocycles. The third-order valence-electron chi connectivity index (χ3n) is 5.81. The van der Waals surface area contributed by atoms with Crippen molar-refractivity contribution in [3.8, 4) is 11.1 Å². The summed E-state index contributed by atoms with van der Waals surface area (Å²) in [5.41, 5.74) is 2.14. The highest BCUT2D eigenvalue weighted by atomic mass is 16.3. The number of amides is 1. The van der Waals surface area contributed by atoms with Crippen LogP contribution in [0.4, 0.5) is 5.82 Å². The quantitative estimate of drug-likeness (QED) is 0.536. The number of aromatic nitrogens is 4. The second kappa shape index (κ2) is 8.31. The fourth-order valence-electron chi connectivity index (χ4n) is 4.06. The van der Waals surface area contributed by atoms with Crippen molar-refractivity contribution in [1.29, 1.82) is 0 Å². The number of pyridine rings is 1. The summed E-state index contributed by atoms with van der Waals surface area (Å²) in [5.74, 6) is 1.32. The van der Waals surface area contributed by atoms with E-state index in [2.05, 4.69) is 37.4 Å². The molecule has 0 radical (unpaired) electrons. The molecule has 4 aromatic rings. The van der Waals surface area contributed by atoms with Gasteiger partial charge in [-0.15, -0.1) is 0 Å². The van der Waals surface area contributed by atoms with Gasteiger partial charge >= 0.3 is 0 Å². The van der Waals surface area contributed by atoms with Gasteiger partial charge in [0.25, 0.3) is 0 Å². The fourth-order valence-corrected chi connectivity index (χ4v) is 4.06. The number of fused-ring (bicyclic) bond motifs is 1. The van der Waals surface area contributed by atoms with Crippen LogP contribution in [-0.2, 0) is 18.4 Å². The van der Waals surface area contributed by atoms with Crippen molar-refractivity contribution in [3.05, 3.63) is 61.2 Å². The number of carbonyl (C=O) groups is 1. The van der Waals surface area contributed by atoms with Crippen LogP contribution >= 0.6 is 0 Å². The van der Waals surface area contributed by atoms with Crippen LogP contribution in [0.5, 0.6) is 0 Å². The van der Waals surface area contributed by atoms with Crippen LogP contribution in [0.3, 0.4) is 0 Å². The molecule has 1 N–H and O–H groups in total. The number of likely N-dealkylation sites (tertiary alicyclic amines) is 1. The Hall–Kier alpha value is -3.52. The summed E-state index contributed by atoms with van der Waals surface area (Å²) >= 11 is 0. The minimum Gasteiger partial charge on any atom is -0.448 e. The van der Waals surface area contributed by atoms with Gasteiger partial charge in [0, 0.05) is 36.3 Å². The Morgan fingerprint density at radius 3 is 2.74 bits per heavy atom. The van der Waals surface area contributed by atoms with E-state index < -0.39 is 0 Å². The molecule has 1 aliphatic heterocycles. The molecule has 0 atom stereocenters. The first-order chi connectivity index (χ1) is 15.1. The molecule has 0 unspecified atom stereocenters. The van der Waals surface area contributed by atoms with Gasteiger partial charge in [0.2, 0.25) is 11.8 Å². The summed E-state index contributed by atoms with van der Waals surface area (Å²) in [7, 11) is 1.90. The van der Waals surface area contributed by atoms with Gasteiger partial charge in [-0.2, -0.15) is 5.10 Å². The predicted molar refractivity (Wildman–Crippen MR) is 117 cm³/mol. The lowest BCUT2D eigenvalue weighted by Crippen LogP contribution is -2.37. The zero-order valence-corrected chi connectivity index (χ0v) is 17.4. The second-order valence-corrected chi connectivity index (χ2v) is 8.00. The minimum absolute atomic E-state index is 0.0139. The van der Waals surface area contributed by atoms with Gasteiger partial charge in [-0.25, -0.2) is 9.97 Å². The van der Waals surface area contributed by atoms with Crippen molar-refractivity contribution in [1.82, 2.24) is 24.6 Å². The summed E-state index contributed by atoms with van der Waals surface area (Å²) in [6, 6.07) is 8.14. The van der Waals surface area contributed by atoms with Crippen LogP contribution < -0.4 is 5.32 Å². The van der Waals surface area contributed by atoms with Crippen molar-refractivity contribution < 1.29 is 9.21 Å². The maximum absolute atomic E-state index is 12.8. The smallest absolute Gasteiger partial charge is 0.228 e. The lowest BCUT2D eigenvalue weighted by atomic mass is 9.96. The highest BCUT2D eigenvalue weighted by Crippen LogP contribution is 2.26. The molecule has 1 aromatic carbocycles. The molecule has 3 aromatic heterocycles. The molecule has 1 aliphatic rings. The number of hydrogen-bond acceptors (Lipinski definition) is 6. The number of piperidine rings is 1. The Bertz CT molecular complexity index is 1190. The molecular weight excluding hydrogens is 392 g/mol. The van der Waals surface area contributed by atoms with Crippen molar-refractivity contribution in [2.75, 3.05) is 18.4 Å². The van der Waals surface area contributed by atoms with Gasteiger partial charge in [0.05, 0.1) is 18.9 Å². The summed E-state index contributed by atoms with van der Waals surface area (Å²) in [6.45, 7) is 2.38. The van der Waals surface area contributed by atoms with E-state index in [0.717, 1.165) is 47.8 Å². The van der Waals surface area contributed by atoms with Crippen LogP contribution in [-0.4, -0.2) is 43.6 Å². The molecule has 0 bridgehead atoms. The Morgan fingerprint density at radius 2 is 2.00 bits per heavy atom. The van der Waals surface area contributed by atoms with E-state index in [1.54, 1.807) is 23.3 Å². The number of benzene rings is 1. The maximum atomic E-state index is 12.8. The first kappa shape index (κ1) is 19.4. The number of nitrogens with zero attached hydrogens (tertiary/aromatic N) is 5. The Kier molecular flexibility index (Phi) is 5.21. The van der Waals surface area contributed by atoms with Gasteiger partial charge in [0.1, 0.15) is 12.1 Å². The van der Waals surface area contributed by atoms with E-state index in [9.17, 15) is 4.79 Å². The van der Waals surface area contributed by atoms with E-state index in [4.69, 9.17) is 4.42 Å². The number of rotatable bonds is 5. The molecule has 5 rings (SSSR count). The summed E-state index contributed by atoms with van der Waals surface area (Å²) in [6.07, 6.45) is 10.5. The lowest BCUT2D eigenvalue weighted by molar-refractivity contribution is -0.121. The summed E-state index contributed by atoms with van der Waals surface area (Å²) < 4.78 is 7.10. The summed E-state index contributed by atoms with van der Waals surface area (Å²) in [5, 5.41) is 9.32. The largest absolute Gasteiger partial charge is 0.448 e. The number of anilines is 1. The number of aryl methyl sites for hydroxylation is 1. The average molecular weight is 416 g/mol. The van der Waals surface area contributed by atoms with Crippen molar-refractivity contribution in [2.24, 2.45) is 13.0 Å². The molecule has 1 fully saturated rings. The van der Waals surface area contributed by atoms with Crippen LogP contribution in [0.15, 0.2) is 59.7 Å². The number of carbonyl (C=O) groups excluding carboxylic acids is 1. The first-order valence-corrected chi connectivity index (χ1v) is 10.4. The highest BCUT2D eigenvalue weighted by Gasteiger charge is 2.26. The predicted octanol–water partition coefficient (Wildman–Crippen LogP) is 3.47. The maximum Gasteiger partial charge on any atom is 0.228 e. The van der Waals surface area contributed by atoms with Gasteiger partial charge in [-0.1, -0.05) is 12.1 Å². The normalized spacial score (nSPS) is 15.4.